The van der Waals surface area contributed by atoms with Crippen LogP contribution in [-0.4, -0.2) is 15.6 Å². The topological polar surface area (TPSA) is 29.9 Å². The van der Waals surface area contributed by atoms with Crippen molar-refractivity contribution < 1.29 is 4.39 Å². The number of imidazole rings is 1. The van der Waals surface area contributed by atoms with Gasteiger partial charge in [-0.05, 0) is 39.3 Å². The van der Waals surface area contributed by atoms with Gasteiger partial charge in [-0.15, -0.1) is 0 Å². The fraction of sp³-hybridized carbons (Fsp3) is 0.400. The maximum atomic E-state index is 13.4. The summed E-state index contributed by atoms with van der Waals surface area (Å²) in [5, 5.41) is 3.39. The molecule has 2 unspecified atom stereocenters. The van der Waals surface area contributed by atoms with Gasteiger partial charge in [0.2, 0.25) is 5.95 Å². The first-order chi connectivity index (χ1) is 9.06. The van der Waals surface area contributed by atoms with Crippen LogP contribution in [0.25, 0.3) is 11.3 Å². The largest absolute Gasteiger partial charge is 0.353 e. The summed E-state index contributed by atoms with van der Waals surface area (Å²) >= 11 is 0. The summed E-state index contributed by atoms with van der Waals surface area (Å²) in [6.45, 7) is 6.40. The Labute approximate surface area is 112 Å². The van der Waals surface area contributed by atoms with Crippen molar-refractivity contribution >= 4 is 5.95 Å². The van der Waals surface area contributed by atoms with E-state index in [9.17, 15) is 4.39 Å². The lowest BCUT2D eigenvalue weighted by atomic mass is 10.1. The number of halogens is 1. The number of fused-ring (bicyclic) bond motifs is 1. The third-order valence-electron chi connectivity index (χ3n) is 3.76. The summed E-state index contributed by atoms with van der Waals surface area (Å²) in [4.78, 5) is 4.65. The molecule has 0 spiro atoms. The molecule has 2 heterocycles. The Morgan fingerprint density at radius 1 is 1.37 bits per heavy atom. The summed E-state index contributed by atoms with van der Waals surface area (Å²) in [6.07, 6.45) is 1.08. The summed E-state index contributed by atoms with van der Waals surface area (Å²) in [6, 6.07) is 7.46. The molecule has 2 atom stereocenters. The lowest BCUT2D eigenvalue weighted by molar-refractivity contribution is 0.442. The second kappa shape index (κ2) is 4.37. The maximum absolute atomic E-state index is 13.4. The molecule has 1 aromatic heterocycles. The molecule has 1 N–H and O–H groups in total. The zero-order valence-corrected chi connectivity index (χ0v) is 11.4. The van der Waals surface area contributed by atoms with Crippen molar-refractivity contribution in [2.24, 2.45) is 0 Å². The van der Waals surface area contributed by atoms with Gasteiger partial charge in [-0.25, -0.2) is 9.37 Å². The van der Waals surface area contributed by atoms with Crippen molar-refractivity contribution in [1.82, 2.24) is 9.55 Å². The van der Waals surface area contributed by atoms with E-state index in [1.807, 2.05) is 13.0 Å². The maximum Gasteiger partial charge on any atom is 0.204 e. The fourth-order valence-electron chi connectivity index (χ4n) is 2.96. The average molecular weight is 259 g/mol. The molecule has 0 saturated carbocycles. The minimum atomic E-state index is -0.225. The Hall–Kier alpha value is -1.84. The van der Waals surface area contributed by atoms with E-state index in [1.165, 1.54) is 12.1 Å². The van der Waals surface area contributed by atoms with Crippen LogP contribution in [0.2, 0.25) is 0 Å². The van der Waals surface area contributed by atoms with E-state index < -0.39 is 0 Å². The highest BCUT2D eigenvalue weighted by Crippen LogP contribution is 2.33. The summed E-state index contributed by atoms with van der Waals surface area (Å²) < 4.78 is 15.6. The van der Waals surface area contributed by atoms with Crippen LogP contribution in [0.1, 0.15) is 32.0 Å². The molecular formula is C15H18FN3. The van der Waals surface area contributed by atoms with Crippen LogP contribution in [0, 0.1) is 12.7 Å². The molecule has 100 valence electrons. The molecule has 2 aromatic rings. The van der Waals surface area contributed by atoms with Crippen molar-refractivity contribution in [2.45, 2.75) is 39.3 Å². The number of benzene rings is 1. The van der Waals surface area contributed by atoms with Crippen LogP contribution in [0.5, 0.6) is 0 Å². The van der Waals surface area contributed by atoms with Gasteiger partial charge in [0.25, 0.3) is 0 Å². The predicted molar refractivity (Wildman–Crippen MR) is 74.8 cm³/mol. The van der Waals surface area contributed by atoms with E-state index >= 15 is 0 Å². The number of nitrogens with zero attached hydrogens (tertiary/aromatic N) is 2. The Bertz CT molecular complexity index is 618. The zero-order chi connectivity index (χ0) is 13.6. The molecule has 4 heteroatoms. The molecule has 3 nitrogen and oxygen atoms in total. The third kappa shape index (κ3) is 2.01. The molecule has 3 rings (SSSR count). The summed E-state index contributed by atoms with van der Waals surface area (Å²) in [5.41, 5.74) is 2.79. The van der Waals surface area contributed by atoms with Gasteiger partial charge in [-0.2, -0.15) is 0 Å². The van der Waals surface area contributed by atoms with Crippen molar-refractivity contribution in [3.63, 3.8) is 0 Å². The van der Waals surface area contributed by atoms with Crippen LogP contribution in [0.3, 0.4) is 0 Å². The fourth-order valence-corrected chi connectivity index (χ4v) is 2.96. The van der Waals surface area contributed by atoms with Crippen LogP contribution in [0.15, 0.2) is 24.3 Å². The Kier molecular flexibility index (Phi) is 2.81. The van der Waals surface area contributed by atoms with E-state index in [4.69, 9.17) is 0 Å². The van der Waals surface area contributed by atoms with Crippen LogP contribution in [0.4, 0.5) is 10.3 Å². The molecular weight excluding hydrogens is 241 g/mol. The van der Waals surface area contributed by atoms with Gasteiger partial charge in [0.15, 0.2) is 0 Å². The van der Waals surface area contributed by atoms with Gasteiger partial charge in [0.05, 0.1) is 5.69 Å². The monoisotopic (exact) mass is 259 g/mol. The first kappa shape index (κ1) is 12.2. The SMILES string of the molecule is Cc1c(-c2cccc(F)c2)nc2n1C(C)CC(C)N2. The molecule has 1 aliphatic rings. The number of hydrogen-bond donors (Lipinski definition) is 1. The zero-order valence-electron chi connectivity index (χ0n) is 11.4. The highest BCUT2D eigenvalue weighted by Gasteiger charge is 2.25. The predicted octanol–water partition coefficient (Wildman–Crippen LogP) is 3.76. The normalized spacial score (nSPS) is 21.9. The lowest BCUT2D eigenvalue weighted by Gasteiger charge is -2.29. The highest BCUT2D eigenvalue weighted by atomic mass is 19.1. The van der Waals surface area contributed by atoms with Gasteiger partial charge in [0.1, 0.15) is 5.82 Å². The standard InChI is InChI=1S/C15H18FN3/c1-9-7-10(2)19-11(3)14(18-15(19)17-9)12-5-4-6-13(16)8-12/h4-6,8-10H,7H2,1-3H3,(H,17,18). The molecule has 0 bridgehead atoms. The van der Waals surface area contributed by atoms with Gasteiger partial charge in [-0.1, -0.05) is 12.1 Å². The highest BCUT2D eigenvalue weighted by molar-refractivity contribution is 5.65. The van der Waals surface area contributed by atoms with Crippen LogP contribution in [-0.2, 0) is 0 Å². The van der Waals surface area contributed by atoms with E-state index in [0.29, 0.717) is 12.1 Å². The van der Waals surface area contributed by atoms with E-state index in [0.717, 1.165) is 29.3 Å². The Morgan fingerprint density at radius 3 is 2.89 bits per heavy atom. The number of aromatic nitrogens is 2. The second-order valence-electron chi connectivity index (χ2n) is 5.38. The third-order valence-corrected chi connectivity index (χ3v) is 3.76. The van der Waals surface area contributed by atoms with Crippen molar-refractivity contribution in [3.8, 4) is 11.3 Å². The molecule has 0 amide bonds. The summed E-state index contributed by atoms with van der Waals surface area (Å²) in [5.74, 6) is 0.667. The molecule has 1 aliphatic heterocycles. The van der Waals surface area contributed by atoms with Gasteiger partial charge >= 0.3 is 0 Å². The van der Waals surface area contributed by atoms with Crippen molar-refractivity contribution in [2.75, 3.05) is 5.32 Å². The quantitative estimate of drug-likeness (QED) is 0.845. The number of hydrogen-bond acceptors (Lipinski definition) is 2. The van der Waals surface area contributed by atoms with Crippen molar-refractivity contribution in [1.29, 1.82) is 0 Å². The van der Waals surface area contributed by atoms with Gasteiger partial charge < -0.3 is 9.88 Å². The van der Waals surface area contributed by atoms with Gasteiger partial charge in [0, 0.05) is 23.3 Å². The van der Waals surface area contributed by atoms with Crippen molar-refractivity contribution in [3.05, 3.63) is 35.8 Å². The molecule has 0 aliphatic carbocycles. The lowest BCUT2D eigenvalue weighted by Crippen LogP contribution is -2.28. The van der Waals surface area contributed by atoms with E-state index in [1.54, 1.807) is 6.07 Å². The first-order valence-electron chi connectivity index (χ1n) is 6.67. The van der Waals surface area contributed by atoms with Crippen LogP contribution < -0.4 is 5.32 Å². The molecule has 0 radical (unpaired) electrons. The van der Waals surface area contributed by atoms with Gasteiger partial charge in [-0.3, -0.25) is 0 Å². The minimum absolute atomic E-state index is 0.225. The van der Waals surface area contributed by atoms with E-state index in [-0.39, 0.29) is 5.82 Å². The molecule has 0 saturated heterocycles. The number of anilines is 1. The second-order valence-corrected chi connectivity index (χ2v) is 5.38. The molecule has 1 aromatic carbocycles. The minimum Gasteiger partial charge on any atom is -0.353 e. The number of rotatable bonds is 1. The first-order valence-corrected chi connectivity index (χ1v) is 6.67. The number of nitrogens with one attached hydrogen (secondary N) is 1. The van der Waals surface area contributed by atoms with Crippen LogP contribution >= 0.6 is 0 Å². The smallest absolute Gasteiger partial charge is 0.204 e. The Morgan fingerprint density at radius 2 is 2.16 bits per heavy atom. The summed E-state index contributed by atoms with van der Waals surface area (Å²) in [7, 11) is 0. The average Bonchev–Trinajstić information content (AvgIpc) is 2.66. The van der Waals surface area contributed by atoms with E-state index in [2.05, 4.69) is 28.7 Å². The Balaban J connectivity index is 2.12. The molecule has 0 fully saturated rings. The molecule has 19 heavy (non-hydrogen) atoms.